The van der Waals surface area contributed by atoms with Crippen molar-refractivity contribution >= 4 is 5.97 Å². The number of benzene rings is 1. The molecule has 100 valence electrons. The molecule has 2 N–H and O–H groups in total. The third-order valence-electron chi connectivity index (χ3n) is 2.76. The van der Waals surface area contributed by atoms with E-state index in [1.807, 2.05) is 0 Å². The second-order valence-corrected chi connectivity index (χ2v) is 4.01. The van der Waals surface area contributed by atoms with Gasteiger partial charge in [-0.25, -0.2) is 4.39 Å². The summed E-state index contributed by atoms with van der Waals surface area (Å²) in [7, 11) is 1.49. The van der Waals surface area contributed by atoms with Gasteiger partial charge in [0.1, 0.15) is 11.6 Å². The average molecular weight is 264 g/mol. The van der Waals surface area contributed by atoms with Crippen LogP contribution in [0.3, 0.4) is 0 Å². The Morgan fingerprint density at radius 1 is 1.53 bits per heavy atom. The Balaban J connectivity index is 2.39. The van der Waals surface area contributed by atoms with E-state index in [-0.39, 0.29) is 6.42 Å². The number of carboxylic acid groups (broad SMARTS) is 1. The van der Waals surface area contributed by atoms with Gasteiger partial charge in [0.05, 0.1) is 19.0 Å². The number of carboxylic acids is 1. The van der Waals surface area contributed by atoms with Gasteiger partial charge in [0.25, 0.3) is 0 Å². The van der Waals surface area contributed by atoms with E-state index in [0.717, 1.165) is 0 Å². The van der Waals surface area contributed by atoms with Gasteiger partial charge in [0.2, 0.25) is 0 Å². The molecular weight excluding hydrogens is 251 g/mol. The van der Waals surface area contributed by atoms with Crippen LogP contribution in [0.25, 0.3) is 11.3 Å². The van der Waals surface area contributed by atoms with Crippen molar-refractivity contribution in [3.05, 3.63) is 35.8 Å². The Kier molecular flexibility index (Phi) is 3.79. The summed E-state index contributed by atoms with van der Waals surface area (Å²) in [6, 6.07) is 4.15. The number of methoxy groups -OCH3 is 1. The molecular formula is C13H13FN2O3. The molecule has 0 fully saturated rings. The lowest BCUT2D eigenvalue weighted by Crippen LogP contribution is -1.98. The number of carbonyl (C=O) groups is 1. The van der Waals surface area contributed by atoms with Gasteiger partial charge in [0.15, 0.2) is 0 Å². The molecule has 0 amide bonds. The van der Waals surface area contributed by atoms with Gasteiger partial charge < -0.3 is 9.84 Å². The van der Waals surface area contributed by atoms with E-state index in [2.05, 4.69) is 10.2 Å². The highest BCUT2D eigenvalue weighted by molar-refractivity contribution is 5.71. The van der Waals surface area contributed by atoms with Gasteiger partial charge in [-0.2, -0.15) is 5.10 Å². The molecule has 2 rings (SSSR count). The molecule has 0 saturated heterocycles. The summed E-state index contributed by atoms with van der Waals surface area (Å²) < 4.78 is 18.5. The van der Waals surface area contributed by atoms with Crippen LogP contribution in [0.4, 0.5) is 4.39 Å². The largest absolute Gasteiger partial charge is 0.496 e. The van der Waals surface area contributed by atoms with Crippen LogP contribution in [0.15, 0.2) is 24.4 Å². The topological polar surface area (TPSA) is 75.2 Å². The summed E-state index contributed by atoms with van der Waals surface area (Å²) in [6.45, 7) is 0. The van der Waals surface area contributed by atoms with E-state index >= 15 is 0 Å². The molecule has 0 saturated carbocycles. The number of aliphatic carboxylic acids is 1. The number of halogens is 1. The molecule has 1 aromatic heterocycles. The van der Waals surface area contributed by atoms with Gasteiger partial charge >= 0.3 is 5.97 Å². The Morgan fingerprint density at radius 3 is 3.00 bits per heavy atom. The standard InChI is InChI=1S/C13H13FN2O3/c1-19-11-4-3-9(14)6-10(11)13-8(7-15-16-13)2-5-12(17)18/h3-4,6-7H,2,5H2,1H3,(H,15,16)(H,17,18). The number of aromatic amines is 1. The summed E-state index contributed by atoms with van der Waals surface area (Å²) >= 11 is 0. The van der Waals surface area contributed by atoms with Gasteiger partial charge in [-0.1, -0.05) is 0 Å². The van der Waals surface area contributed by atoms with Gasteiger partial charge in [-0.15, -0.1) is 0 Å². The zero-order chi connectivity index (χ0) is 13.8. The molecule has 0 spiro atoms. The molecule has 2 aromatic rings. The zero-order valence-electron chi connectivity index (χ0n) is 10.3. The summed E-state index contributed by atoms with van der Waals surface area (Å²) in [4.78, 5) is 10.6. The van der Waals surface area contributed by atoms with Crippen LogP contribution < -0.4 is 4.74 Å². The number of ether oxygens (including phenoxy) is 1. The van der Waals surface area contributed by atoms with Crippen molar-refractivity contribution in [1.82, 2.24) is 10.2 Å². The third-order valence-corrected chi connectivity index (χ3v) is 2.76. The van der Waals surface area contributed by atoms with E-state index in [0.29, 0.717) is 29.0 Å². The first-order valence-electron chi connectivity index (χ1n) is 5.69. The van der Waals surface area contributed by atoms with E-state index in [1.54, 1.807) is 6.20 Å². The van der Waals surface area contributed by atoms with Crippen molar-refractivity contribution in [1.29, 1.82) is 0 Å². The molecule has 0 aliphatic heterocycles. The fourth-order valence-electron chi connectivity index (χ4n) is 1.85. The molecule has 1 heterocycles. The maximum absolute atomic E-state index is 13.3. The molecule has 0 bridgehead atoms. The smallest absolute Gasteiger partial charge is 0.303 e. The minimum absolute atomic E-state index is 0.00976. The van der Waals surface area contributed by atoms with Crippen LogP contribution in [-0.2, 0) is 11.2 Å². The minimum Gasteiger partial charge on any atom is -0.496 e. The average Bonchev–Trinajstić information content (AvgIpc) is 2.84. The van der Waals surface area contributed by atoms with Crippen LogP contribution in [0.5, 0.6) is 5.75 Å². The highest BCUT2D eigenvalue weighted by Gasteiger charge is 2.14. The maximum Gasteiger partial charge on any atom is 0.303 e. The van der Waals surface area contributed by atoms with E-state index in [9.17, 15) is 9.18 Å². The normalized spacial score (nSPS) is 10.4. The number of nitrogens with one attached hydrogen (secondary N) is 1. The Bertz CT molecular complexity index is 595. The maximum atomic E-state index is 13.3. The van der Waals surface area contributed by atoms with E-state index in [4.69, 9.17) is 9.84 Å². The second-order valence-electron chi connectivity index (χ2n) is 4.01. The number of hydrogen-bond donors (Lipinski definition) is 2. The molecule has 0 unspecified atom stereocenters. The number of rotatable bonds is 5. The molecule has 1 aromatic carbocycles. The highest BCUT2D eigenvalue weighted by atomic mass is 19.1. The SMILES string of the molecule is COc1ccc(F)cc1-c1[nH]ncc1CCC(=O)O. The fourth-order valence-corrected chi connectivity index (χ4v) is 1.85. The van der Waals surface area contributed by atoms with Crippen molar-refractivity contribution in [2.24, 2.45) is 0 Å². The van der Waals surface area contributed by atoms with Crippen molar-refractivity contribution in [2.75, 3.05) is 7.11 Å². The molecule has 0 atom stereocenters. The van der Waals surface area contributed by atoms with Crippen molar-refractivity contribution in [3.8, 4) is 17.0 Å². The Labute approximate surface area is 109 Å². The molecule has 5 nitrogen and oxygen atoms in total. The van der Waals surface area contributed by atoms with Crippen LogP contribution >= 0.6 is 0 Å². The van der Waals surface area contributed by atoms with Crippen LogP contribution in [0.1, 0.15) is 12.0 Å². The zero-order valence-corrected chi connectivity index (χ0v) is 10.3. The predicted molar refractivity (Wildman–Crippen MR) is 66.5 cm³/mol. The highest BCUT2D eigenvalue weighted by Crippen LogP contribution is 2.31. The Morgan fingerprint density at radius 2 is 2.32 bits per heavy atom. The second kappa shape index (κ2) is 5.51. The van der Waals surface area contributed by atoms with Gasteiger partial charge in [-0.3, -0.25) is 9.89 Å². The first-order valence-corrected chi connectivity index (χ1v) is 5.69. The van der Waals surface area contributed by atoms with Crippen molar-refractivity contribution in [3.63, 3.8) is 0 Å². The van der Waals surface area contributed by atoms with Crippen LogP contribution in [-0.4, -0.2) is 28.4 Å². The molecule has 0 aliphatic rings. The summed E-state index contributed by atoms with van der Waals surface area (Å²) in [6.07, 6.45) is 1.85. The van der Waals surface area contributed by atoms with Gasteiger partial charge in [0, 0.05) is 12.0 Å². The number of aromatic nitrogens is 2. The first kappa shape index (κ1) is 13.1. The van der Waals surface area contributed by atoms with Crippen LogP contribution in [0, 0.1) is 5.82 Å². The van der Waals surface area contributed by atoms with Crippen molar-refractivity contribution in [2.45, 2.75) is 12.8 Å². The predicted octanol–water partition coefficient (Wildman–Crippen LogP) is 2.24. The number of hydrogen-bond acceptors (Lipinski definition) is 3. The van der Waals surface area contributed by atoms with Crippen LogP contribution in [0.2, 0.25) is 0 Å². The lowest BCUT2D eigenvalue weighted by atomic mass is 10.0. The summed E-state index contributed by atoms with van der Waals surface area (Å²) in [5, 5.41) is 15.3. The third kappa shape index (κ3) is 2.90. The quantitative estimate of drug-likeness (QED) is 0.868. The fraction of sp³-hybridized carbons (Fsp3) is 0.231. The summed E-state index contributed by atoms with van der Waals surface area (Å²) in [5.74, 6) is -0.782. The molecule has 6 heteroatoms. The number of aryl methyl sites for hydroxylation is 1. The lowest BCUT2D eigenvalue weighted by Gasteiger charge is -2.08. The van der Waals surface area contributed by atoms with E-state index in [1.165, 1.54) is 25.3 Å². The number of nitrogens with zero attached hydrogens (tertiary/aromatic N) is 1. The number of H-pyrrole nitrogens is 1. The van der Waals surface area contributed by atoms with Gasteiger partial charge in [-0.05, 0) is 30.2 Å². The molecule has 0 radical (unpaired) electrons. The minimum atomic E-state index is -0.890. The molecule has 0 aliphatic carbocycles. The Hall–Kier alpha value is -2.37. The molecule has 19 heavy (non-hydrogen) atoms. The summed E-state index contributed by atoms with van der Waals surface area (Å²) in [5.41, 5.74) is 1.82. The first-order chi connectivity index (χ1) is 9.11. The van der Waals surface area contributed by atoms with E-state index < -0.39 is 11.8 Å². The lowest BCUT2D eigenvalue weighted by molar-refractivity contribution is -0.136. The van der Waals surface area contributed by atoms with Crippen molar-refractivity contribution < 1.29 is 19.0 Å². The monoisotopic (exact) mass is 264 g/mol.